The minimum atomic E-state index is -2.20. The van der Waals surface area contributed by atoms with Crippen molar-refractivity contribution in [1.82, 2.24) is 0 Å². The van der Waals surface area contributed by atoms with Crippen LogP contribution in [-0.4, -0.2) is 20.2 Å². The number of halogens is 1. The van der Waals surface area contributed by atoms with Gasteiger partial charge in [-0.1, -0.05) is 41.9 Å². The molecule has 1 aromatic rings. The normalized spacial score (nSPS) is 12.6. The lowest BCUT2D eigenvalue weighted by atomic mass is 9.99. The quantitative estimate of drug-likeness (QED) is 0.650. The molecule has 0 atom stereocenters. The van der Waals surface area contributed by atoms with Crippen LogP contribution in [0.5, 0.6) is 5.75 Å². The molecule has 0 saturated heterocycles. The minimum absolute atomic E-state index is 0.0782. The van der Waals surface area contributed by atoms with Gasteiger partial charge in [0, 0.05) is 5.33 Å². The summed E-state index contributed by atoms with van der Waals surface area (Å²) in [6.45, 7) is 8.26. The number of methoxy groups -OCH3 is 1. The Bertz CT molecular complexity index is 411. The lowest BCUT2D eigenvalue weighted by Crippen LogP contribution is -2.40. The minimum Gasteiger partial charge on any atom is -0.496 e. The van der Waals surface area contributed by atoms with Crippen LogP contribution in [0.2, 0.25) is 18.1 Å². The zero-order valence-electron chi connectivity index (χ0n) is 11.9. The van der Waals surface area contributed by atoms with E-state index in [0.717, 1.165) is 17.5 Å². The average molecular weight is 331 g/mol. The molecule has 0 unspecified atom stereocenters. The molecule has 102 valence electrons. The van der Waals surface area contributed by atoms with Crippen molar-refractivity contribution in [3.8, 4) is 5.75 Å². The first-order valence-electron chi connectivity index (χ1n) is 6.15. The molecule has 0 radical (unpaired) electrons. The van der Waals surface area contributed by atoms with E-state index in [9.17, 15) is 4.80 Å². The monoisotopic (exact) mass is 330 g/mol. The van der Waals surface area contributed by atoms with E-state index in [1.54, 1.807) is 7.11 Å². The largest absolute Gasteiger partial charge is 0.496 e. The number of benzene rings is 1. The molecule has 0 amide bonds. The number of alkyl halides is 1. The molecule has 18 heavy (non-hydrogen) atoms. The van der Waals surface area contributed by atoms with E-state index in [-0.39, 0.29) is 5.04 Å². The predicted molar refractivity (Wildman–Crippen MR) is 83.1 cm³/mol. The maximum Gasteiger partial charge on any atom is 0.188 e. The Balaban J connectivity index is 3.09. The molecule has 1 rings (SSSR count). The van der Waals surface area contributed by atoms with E-state index in [1.807, 2.05) is 19.2 Å². The summed E-state index contributed by atoms with van der Waals surface area (Å²) < 4.78 is 5.42. The SMILES string of the molecule is COc1ccc(CBr)cc1CC(C)(C)[Si](C)(C)O. The number of hydrogen-bond acceptors (Lipinski definition) is 2. The van der Waals surface area contributed by atoms with E-state index in [4.69, 9.17) is 4.74 Å². The summed E-state index contributed by atoms with van der Waals surface area (Å²) >= 11 is 3.48. The van der Waals surface area contributed by atoms with Crippen molar-refractivity contribution in [2.24, 2.45) is 0 Å². The molecule has 2 nitrogen and oxygen atoms in total. The predicted octanol–water partition coefficient (Wildman–Crippen LogP) is 4.11. The van der Waals surface area contributed by atoms with Crippen molar-refractivity contribution in [2.75, 3.05) is 7.11 Å². The zero-order valence-corrected chi connectivity index (χ0v) is 14.5. The molecule has 0 heterocycles. The van der Waals surface area contributed by atoms with Gasteiger partial charge < -0.3 is 9.53 Å². The molecule has 0 bridgehead atoms. The third-order valence-electron chi connectivity index (χ3n) is 3.79. The van der Waals surface area contributed by atoms with Crippen LogP contribution < -0.4 is 4.74 Å². The van der Waals surface area contributed by atoms with Crippen LogP contribution >= 0.6 is 15.9 Å². The lowest BCUT2D eigenvalue weighted by Gasteiger charge is -2.35. The average Bonchev–Trinajstić information content (AvgIpc) is 2.26. The molecule has 0 aliphatic carbocycles. The van der Waals surface area contributed by atoms with Gasteiger partial charge in [0.2, 0.25) is 0 Å². The zero-order chi connectivity index (χ0) is 14.0. The highest BCUT2D eigenvalue weighted by Crippen LogP contribution is 2.40. The van der Waals surface area contributed by atoms with Gasteiger partial charge in [-0.3, -0.25) is 0 Å². The van der Waals surface area contributed by atoms with Gasteiger partial charge in [0.25, 0.3) is 0 Å². The Hall–Kier alpha value is -0.323. The molecule has 0 aromatic heterocycles. The smallest absolute Gasteiger partial charge is 0.188 e. The summed E-state index contributed by atoms with van der Waals surface area (Å²) in [4.78, 5) is 10.4. The van der Waals surface area contributed by atoms with Gasteiger partial charge in [0.15, 0.2) is 8.32 Å². The second-order valence-electron chi connectivity index (χ2n) is 5.90. The van der Waals surface area contributed by atoms with Gasteiger partial charge in [0.05, 0.1) is 7.11 Å². The molecule has 0 saturated carbocycles. The molecule has 0 fully saturated rings. The fourth-order valence-corrected chi connectivity index (χ4v) is 2.72. The fourth-order valence-electron chi connectivity index (χ4n) is 1.75. The third-order valence-corrected chi connectivity index (χ3v) is 7.92. The molecular weight excluding hydrogens is 308 g/mol. The van der Waals surface area contributed by atoms with Crippen LogP contribution in [0.1, 0.15) is 25.0 Å². The maximum absolute atomic E-state index is 10.4. The number of hydrogen-bond donors (Lipinski definition) is 1. The number of ether oxygens (including phenoxy) is 1. The topological polar surface area (TPSA) is 29.5 Å². The van der Waals surface area contributed by atoms with E-state index < -0.39 is 8.32 Å². The molecule has 0 aliphatic heterocycles. The summed E-state index contributed by atoms with van der Waals surface area (Å²) in [5.41, 5.74) is 2.41. The van der Waals surface area contributed by atoms with Crippen molar-refractivity contribution in [2.45, 2.75) is 43.7 Å². The van der Waals surface area contributed by atoms with Crippen LogP contribution in [0.15, 0.2) is 18.2 Å². The summed E-state index contributed by atoms with van der Waals surface area (Å²) in [7, 11) is -0.503. The second-order valence-corrected chi connectivity index (χ2v) is 10.9. The fraction of sp³-hybridized carbons (Fsp3) is 0.571. The lowest BCUT2D eigenvalue weighted by molar-refractivity contribution is 0.403. The first-order valence-corrected chi connectivity index (χ1v) is 10.2. The molecular formula is C14H23BrO2Si. The van der Waals surface area contributed by atoms with E-state index in [2.05, 4.69) is 41.9 Å². The Morgan fingerprint density at radius 3 is 2.39 bits per heavy atom. The molecule has 0 spiro atoms. The van der Waals surface area contributed by atoms with Gasteiger partial charge in [-0.25, -0.2) is 0 Å². The van der Waals surface area contributed by atoms with E-state index in [0.29, 0.717) is 0 Å². The Kier molecular flexibility index (Phi) is 5.03. The molecule has 4 heteroatoms. The number of rotatable bonds is 5. The summed E-state index contributed by atoms with van der Waals surface area (Å²) in [6, 6.07) is 6.23. The van der Waals surface area contributed by atoms with Crippen LogP contribution in [0, 0.1) is 0 Å². The molecule has 1 aromatic carbocycles. The Morgan fingerprint density at radius 1 is 1.33 bits per heavy atom. The van der Waals surface area contributed by atoms with Gasteiger partial charge in [0.1, 0.15) is 5.75 Å². The van der Waals surface area contributed by atoms with E-state index >= 15 is 0 Å². The Morgan fingerprint density at radius 2 is 1.94 bits per heavy atom. The van der Waals surface area contributed by atoms with Crippen LogP contribution in [0.3, 0.4) is 0 Å². The summed E-state index contributed by atoms with van der Waals surface area (Å²) in [5.74, 6) is 0.908. The summed E-state index contributed by atoms with van der Waals surface area (Å²) in [5, 5.41) is 0.760. The highest BCUT2D eigenvalue weighted by atomic mass is 79.9. The van der Waals surface area contributed by atoms with Crippen molar-refractivity contribution >= 4 is 24.2 Å². The highest BCUT2D eigenvalue weighted by molar-refractivity contribution is 9.08. The van der Waals surface area contributed by atoms with Crippen molar-refractivity contribution < 1.29 is 9.53 Å². The van der Waals surface area contributed by atoms with E-state index in [1.165, 1.54) is 11.1 Å². The van der Waals surface area contributed by atoms with Crippen LogP contribution in [-0.2, 0) is 11.8 Å². The standard InChI is InChI=1S/C14H23BrO2Si/c1-14(2,18(4,5)16)9-12-8-11(10-15)6-7-13(12)17-3/h6-8,16H,9-10H2,1-5H3. The first kappa shape index (κ1) is 15.7. The van der Waals surface area contributed by atoms with Crippen LogP contribution in [0.4, 0.5) is 0 Å². The maximum atomic E-state index is 10.4. The second kappa shape index (κ2) is 5.76. The van der Waals surface area contributed by atoms with Gasteiger partial charge in [-0.05, 0) is 41.7 Å². The summed E-state index contributed by atoms with van der Waals surface area (Å²) in [6.07, 6.45) is 0.840. The highest BCUT2D eigenvalue weighted by Gasteiger charge is 2.38. The molecule has 0 aliphatic rings. The van der Waals surface area contributed by atoms with Crippen LogP contribution in [0.25, 0.3) is 0 Å². The third kappa shape index (κ3) is 3.59. The van der Waals surface area contributed by atoms with Gasteiger partial charge >= 0.3 is 0 Å². The van der Waals surface area contributed by atoms with Crippen molar-refractivity contribution in [3.05, 3.63) is 29.3 Å². The van der Waals surface area contributed by atoms with Crippen molar-refractivity contribution in [3.63, 3.8) is 0 Å². The Labute approximate surface area is 120 Å². The first-order chi connectivity index (χ1) is 8.21. The van der Waals surface area contributed by atoms with Crippen molar-refractivity contribution in [1.29, 1.82) is 0 Å². The van der Waals surface area contributed by atoms with Gasteiger partial charge in [-0.15, -0.1) is 0 Å². The van der Waals surface area contributed by atoms with Gasteiger partial charge in [-0.2, -0.15) is 0 Å². The molecule has 1 N–H and O–H groups in total.